The summed E-state index contributed by atoms with van der Waals surface area (Å²) in [5.74, 6) is 1.06. The number of nitrogens with one attached hydrogen (secondary N) is 1. The van der Waals surface area contributed by atoms with Gasteiger partial charge in [-0.15, -0.1) is 0 Å². The van der Waals surface area contributed by atoms with Gasteiger partial charge in [0.1, 0.15) is 5.82 Å². The fraction of sp³-hybridized carbons (Fsp3) is 0.500. The number of aromatic nitrogens is 1. The van der Waals surface area contributed by atoms with Crippen LogP contribution >= 0.6 is 0 Å². The van der Waals surface area contributed by atoms with Gasteiger partial charge in [0.2, 0.25) is 0 Å². The second-order valence-corrected chi connectivity index (χ2v) is 5.41. The van der Waals surface area contributed by atoms with Crippen LogP contribution in [0.3, 0.4) is 0 Å². The van der Waals surface area contributed by atoms with E-state index in [0.717, 1.165) is 30.7 Å². The number of rotatable bonds is 7. The van der Waals surface area contributed by atoms with Crippen LogP contribution in [-0.2, 0) is 12.8 Å². The molecular weight excluding hydrogens is 244 g/mol. The molecule has 2 heteroatoms. The van der Waals surface area contributed by atoms with Gasteiger partial charge in [0, 0.05) is 11.9 Å². The van der Waals surface area contributed by atoms with E-state index in [1.165, 1.54) is 35.8 Å². The van der Waals surface area contributed by atoms with Gasteiger partial charge in [-0.25, -0.2) is 4.98 Å². The van der Waals surface area contributed by atoms with Gasteiger partial charge in [-0.05, 0) is 55.5 Å². The van der Waals surface area contributed by atoms with E-state index in [9.17, 15) is 0 Å². The molecule has 1 heterocycles. The zero-order valence-corrected chi connectivity index (χ0v) is 13.0. The Morgan fingerprint density at radius 1 is 1.00 bits per heavy atom. The molecule has 0 saturated carbocycles. The quantitative estimate of drug-likeness (QED) is 0.769. The number of unbranched alkanes of at least 4 members (excludes halogenated alkanes) is 1. The van der Waals surface area contributed by atoms with Gasteiger partial charge < -0.3 is 5.32 Å². The highest BCUT2D eigenvalue weighted by atomic mass is 15.0. The van der Waals surface area contributed by atoms with Crippen LogP contribution in [0.2, 0.25) is 0 Å². The lowest BCUT2D eigenvalue weighted by molar-refractivity contribution is 0.796. The fourth-order valence-electron chi connectivity index (χ4n) is 2.59. The molecule has 108 valence electrons. The largest absolute Gasteiger partial charge is 0.370 e. The lowest BCUT2D eigenvalue weighted by atomic mass is 10.0. The molecular formula is C18H26N2. The van der Waals surface area contributed by atoms with Crippen molar-refractivity contribution >= 4 is 16.7 Å². The first kappa shape index (κ1) is 14.8. The standard InChI is InChI=1S/C18H26N2/c1-4-7-9-14-10-11-17-16(12-14)13-15(8-5-2)18(20-17)19-6-3/h10-13H,4-9H2,1-3H3,(H,19,20). The molecule has 1 N–H and O–H groups in total. The monoisotopic (exact) mass is 270 g/mol. The molecule has 0 saturated heterocycles. The first-order valence-electron chi connectivity index (χ1n) is 7.94. The van der Waals surface area contributed by atoms with Crippen molar-refractivity contribution in [1.82, 2.24) is 4.98 Å². The average molecular weight is 270 g/mol. The van der Waals surface area contributed by atoms with Gasteiger partial charge in [0.25, 0.3) is 0 Å². The first-order chi connectivity index (χ1) is 9.78. The van der Waals surface area contributed by atoms with E-state index in [4.69, 9.17) is 4.98 Å². The summed E-state index contributed by atoms with van der Waals surface area (Å²) in [6, 6.07) is 9.02. The maximum absolute atomic E-state index is 4.79. The zero-order valence-electron chi connectivity index (χ0n) is 13.0. The maximum Gasteiger partial charge on any atom is 0.129 e. The summed E-state index contributed by atoms with van der Waals surface area (Å²) in [6.07, 6.45) is 5.92. The molecule has 0 aliphatic rings. The van der Waals surface area contributed by atoms with Crippen LogP contribution in [0.25, 0.3) is 10.9 Å². The summed E-state index contributed by atoms with van der Waals surface area (Å²) >= 11 is 0. The third kappa shape index (κ3) is 3.50. The van der Waals surface area contributed by atoms with Crippen molar-refractivity contribution in [3.63, 3.8) is 0 Å². The predicted octanol–water partition coefficient (Wildman–Crippen LogP) is 4.96. The average Bonchev–Trinajstić information content (AvgIpc) is 2.46. The molecule has 0 radical (unpaired) electrons. The van der Waals surface area contributed by atoms with Crippen LogP contribution in [0.15, 0.2) is 24.3 Å². The Kier molecular flexibility index (Phi) is 5.40. The van der Waals surface area contributed by atoms with Crippen LogP contribution in [0.4, 0.5) is 5.82 Å². The molecule has 1 aromatic carbocycles. The number of benzene rings is 1. The van der Waals surface area contributed by atoms with Crippen molar-refractivity contribution in [2.45, 2.75) is 52.9 Å². The van der Waals surface area contributed by atoms with Gasteiger partial charge in [-0.1, -0.05) is 32.8 Å². The second kappa shape index (κ2) is 7.28. The van der Waals surface area contributed by atoms with E-state index in [2.05, 4.69) is 50.4 Å². The van der Waals surface area contributed by atoms with Crippen LogP contribution < -0.4 is 5.32 Å². The smallest absolute Gasteiger partial charge is 0.129 e. The lowest BCUT2D eigenvalue weighted by Crippen LogP contribution is -2.04. The van der Waals surface area contributed by atoms with E-state index in [1.807, 2.05) is 0 Å². The lowest BCUT2D eigenvalue weighted by Gasteiger charge is -2.12. The van der Waals surface area contributed by atoms with Crippen molar-refractivity contribution in [1.29, 1.82) is 0 Å². The van der Waals surface area contributed by atoms with Crippen LogP contribution in [0.1, 0.15) is 51.2 Å². The molecule has 0 atom stereocenters. The number of hydrogen-bond donors (Lipinski definition) is 1. The van der Waals surface area contributed by atoms with Crippen molar-refractivity contribution in [3.8, 4) is 0 Å². The minimum Gasteiger partial charge on any atom is -0.370 e. The Balaban J connectivity index is 2.39. The predicted molar refractivity (Wildman–Crippen MR) is 88.5 cm³/mol. The van der Waals surface area contributed by atoms with Crippen molar-refractivity contribution in [3.05, 3.63) is 35.4 Å². The Labute approximate surface area is 122 Å². The molecule has 0 fully saturated rings. The highest BCUT2D eigenvalue weighted by Crippen LogP contribution is 2.23. The summed E-state index contributed by atoms with van der Waals surface area (Å²) in [6.45, 7) is 7.50. The molecule has 0 unspecified atom stereocenters. The minimum absolute atomic E-state index is 0.920. The summed E-state index contributed by atoms with van der Waals surface area (Å²) in [4.78, 5) is 4.79. The Morgan fingerprint density at radius 3 is 2.55 bits per heavy atom. The van der Waals surface area contributed by atoms with Crippen LogP contribution in [0, 0.1) is 0 Å². The molecule has 0 amide bonds. The minimum atomic E-state index is 0.920. The highest BCUT2D eigenvalue weighted by Gasteiger charge is 2.06. The normalized spacial score (nSPS) is 10.9. The van der Waals surface area contributed by atoms with Crippen molar-refractivity contribution in [2.75, 3.05) is 11.9 Å². The van der Waals surface area contributed by atoms with E-state index < -0.39 is 0 Å². The Bertz CT molecular complexity index is 561. The molecule has 2 aromatic rings. The molecule has 0 aliphatic carbocycles. The topological polar surface area (TPSA) is 24.9 Å². The van der Waals surface area contributed by atoms with Crippen LogP contribution in [-0.4, -0.2) is 11.5 Å². The van der Waals surface area contributed by atoms with E-state index in [-0.39, 0.29) is 0 Å². The number of anilines is 1. The SMILES string of the molecule is CCCCc1ccc2nc(NCC)c(CCC)cc2c1. The summed E-state index contributed by atoms with van der Waals surface area (Å²) in [5.41, 5.74) is 3.87. The van der Waals surface area contributed by atoms with Crippen molar-refractivity contribution < 1.29 is 0 Å². The number of nitrogens with zero attached hydrogens (tertiary/aromatic N) is 1. The van der Waals surface area contributed by atoms with Gasteiger partial charge in [-0.2, -0.15) is 0 Å². The molecule has 0 spiro atoms. The molecule has 0 bridgehead atoms. The van der Waals surface area contributed by atoms with Gasteiger partial charge >= 0.3 is 0 Å². The third-order valence-electron chi connectivity index (χ3n) is 3.64. The van der Waals surface area contributed by atoms with E-state index in [0.29, 0.717) is 0 Å². The second-order valence-electron chi connectivity index (χ2n) is 5.41. The molecule has 20 heavy (non-hydrogen) atoms. The number of fused-ring (bicyclic) bond motifs is 1. The Hall–Kier alpha value is -1.57. The van der Waals surface area contributed by atoms with Gasteiger partial charge in [0.05, 0.1) is 5.52 Å². The molecule has 2 rings (SSSR count). The number of pyridine rings is 1. The summed E-state index contributed by atoms with van der Waals surface area (Å²) in [7, 11) is 0. The maximum atomic E-state index is 4.79. The highest BCUT2D eigenvalue weighted by molar-refractivity contribution is 5.82. The van der Waals surface area contributed by atoms with Gasteiger partial charge in [0.15, 0.2) is 0 Å². The zero-order chi connectivity index (χ0) is 14.4. The Morgan fingerprint density at radius 2 is 1.85 bits per heavy atom. The molecule has 0 aliphatic heterocycles. The molecule has 2 nitrogen and oxygen atoms in total. The third-order valence-corrected chi connectivity index (χ3v) is 3.64. The summed E-state index contributed by atoms with van der Waals surface area (Å²) < 4.78 is 0. The molecule has 1 aromatic heterocycles. The van der Waals surface area contributed by atoms with E-state index in [1.54, 1.807) is 0 Å². The summed E-state index contributed by atoms with van der Waals surface area (Å²) in [5, 5.41) is 4.67. The van der Waals surface area contributed by atoms with Gasteiger partial charge in [-0.3, -0.25) is 0 Å². The fourth-order valence-corrected chi connectivity index (χ4v) is 2.59. The first-order valence-corrected chi connectivity index (χ1v) is 7.94. The van der Waals surface area contributed by atoms with Crippen LogP contribution in [0.5, 0.6) is 0 Å². The number of hydrogen-bond acceptors (Lipinski definition) is 2. The number of aryl methyl sites for hydroxylation is 2. The van der Waals surface area contributed by atoms with Crippen molar-refractivity contribution in [2.24, 2.45) is 0 Å². The van der Waals surface area contributed by atoms with E-state index >= 15 is 0 Å².